The number of carbonyl (C=O) groups is 2. The van der Waals surface area contributed by atoms with Crippen LogP contribution in [0.1, 0.15) is 11.1 Å². The molecule has 0 unspecified atom stereocenters. The van der Waals surface area contributed by atoms with E-state index in [9.17, 15) is 14.9 Å². The number of carbonyl (C=O) groups excluding carboxylic acids is 2. The van der Waals surface area contributed by atoms with E-state index in [1.165, 1.54) is 16.7 Å². The molecule has 1 aliphatic heterocycles. The second kappa shape index (κ2) is 10.4. The minimum Gasteiger partial charge on any atom is -0.321 e. The van der Waals surface area contributed by atoms with Crippen LogP contribution in [0.25, 0.3) is 0 Å². The number of anilines is 2. The Bertz CT molecular complexity index is 1320. The maximum Gasteiger partial charge on any atom is 0.269 e. The van der Waals surface area contributed by atoms with Crippen LogP contribution in [0, 0.1) is 18.3 Å². The molecule has 1 aliphatic rings. The number of nitrogens with one attached hydrogen (secondary N) is 1. The molecule has 0 spiro atoms. The minimum absolute atomic E-state index is 0.126. The van der Waals surface area contributed by atoms with Crippen molar-refractivity contribution in [3.63, 3.8) is 0 Å². The number of thioether (sulfide) groups is 1. The van der Waals surface area contributed by atoms with Gasteiger partial charge in [-0.15, -0.1) is 0 Å². The van der Waals surface area contributed by atoms with E-state index in [0.29, 0.717) is 32.9 Å². The van der Waals surface area contributed by atoms with Crippen molar-refractivity contribution in [3.05, 3.63) is 105 Å². The summed E-state index contributed by atoms with van der Waals surface area (Å²) in [7, 11) is 0. The van der Waals surface area contributed by atoms with E-state index < -0.39 is 11.2 Å². The van der Waals surface area contributed by atoms with Crippen molar-refractivity contribution in [2.45, 2.75) is 18.6 Å². The van der Waals surface area contributed by atoms with Crippen molar-refractivity contribution >= 4 is 58.2 Å². The molecule has 3 aromatic carbocycles. The van der Waals surface area contributed by atoms with Crippen molar-refractivity contribution in [3.8, 4) is 6.07 Å². The standard InChI is InChI=1S/C26H19Cl2N3O2S/c1-16-7-10-18(11-8-16)30-24(32)20(15-29)26-31(19-5-3-2-4-6-19)25(33)23(34-26)14-17-9-12-21(27)22(28)13-17/h2-13,23H,14H2,1H3,(H,30,32)/b26-20-/t23-/m1/s1. The average molecular weight is 508 g/mol. The van der Waals surface area contributed by atoms with Crippen LogP contribution >= 0.6 is 35.0 Å². The highest BCUT2D eigenvalue weighted by molar-refractivity contribution is 8.05. The number of para-hydroxylation sites is 1. The summed E-state index contributed by atoms with van der Waals surface area (Å²) in [5.41, 5.74) is 2.91. The molecule has 0 radical (unpaired) electrons. The first-order valence-electron chi connectivity index (χ1n) is 10.4. The number of amides is 2. The fourth-order valence-corrected chi connectivity index (χ4v) is 5.14. The van der Waals surface area contributed by atoms with E-state index in [2.05, 4.69) is 5.32 Å². The van der Waals surface area contributed by atoms with Gasteiger partial charge in [-0.3, -0.25) is 14.5 Å². The van der Waals surface area contributed by atoms with E-state index in [-0.39, 0.29) is 11.5 Å². The molecular formula is C26H19Cl2N3O2S. The molecule has 170 valence electrons. The summed E-state index contributed by atoms with van der Waals surface area (Å²) >= 11 is 13.4. The molecule has 34 heavy (non-hydrogen) atoms. The van der Waals surface area contributed by atoms with Gasteiger partial charge in [-0.1, -0.05) is 76.9 Å². The number of halogens is 2. The fraction of sp³-hybridized carbons (Fsp3) is 0.115. The summed E-state index contributed by atoms with van der Waals surface area (Å²) in [5, 5.41) is 13.3. The zero-order valence-electron chi connectivity index (χ0n) is 18.1. The Balaban J connectivity index is 1.70. The molecule has 8 heteroatoms. The van der Waals surface area contributed by atoms with Crippen LogP contribution in [0.15, 0.2) is 83.4 Å². The highest BCUT2D eigenvalue weighted by atomic mass is 35.5. The van der Waals surface area contributed by atoms with Gasteiger partial charge in [0.1, 0.15) is 16.7 Å². The minimum atomic E-state index is -0.572. The van der Waals surface area contributed by atoms with E-state index >= 15 is 0 Å². The predicted molar refractivity (Wildman–Crippen MR) is 138 cm³/mol. The summed E-state index contributed by atoms with van der Waals surface area (Å²) in [5.74, 6) is -0.786. The Morgan fingerprint density at radius 2 is 1.76 bits per heavy atom. The number of hydrogen-bond acceptors (Lipinski definition) is 4. The quantitative estimate of drug-likeness (QED) is 0.321. The number of rotatable bonds is 5. The summed E-state index contributed by atoms with van der Waals surface area (Å²) in [6.07, 6.45) is 0.367. The van der Waals surface area contributed by atoms with Gasteiger partial charge >= 0.3 is 0 Å². The average Bonchev–Trinajstić information content (AvgIpc) is 3.14. The van der Waals surface area contributed by atoms with Crippen molar-refractivity contribution in [1.29, 1.82) is 5.26 Å². The van der Waals surface area contributed by atoms with E-state index in [4.69, 9.17) is 23.2 Å². The van der Waals surface area contributed by atoms with Gasteiger partial charge in [-0.25, -0.2) is 0 Å². The zero-order valence-corrected chi connectivity index (χ0v) is 20.4. The molecule has 4 rings (SSSR count). The molecule has 0 saturated carbocycles. The molecule has 0 bridgehead atoms. The van der Waals surface area contributed by atoms with Gasteiger partial charge in [0.05, 0.1) is 15.3 Å². The van der Waals surface area contributed by atoms with Crippen molar-refractivity contribution < 1.29 is 9.59 Å². The van der Waals surface area contributed by atoms with Crippen LogP contribution in [0.3, 0.4) is 0 Å². The lowest BCUT2D eigenvalue weighted by atomic mass is 10.1. The zero-order chi connectivity index (χ0) is 24.2. The Labute approximate surface area is 212 Å². The van der Waals surface area contributed by atoms with Crippen LogP contribution in [0.4, 0.5) is 11.4 Å². The highest BCUT2D eigenvalue weighted by Gasteiger charge is 2.40. The second-order valence-electron chi connectivity index (χ2n) is 7.68. The molecule has 5 nitrogen and oxygen atoms in total. The summed E-state index contributed by atoms with van der Waals surface area (Å²) in [4.78, 5) is 28.0. The summed E-state index contributed by atoms with van der Waals surface area (Å²) < 4.78 is 0. The molecule has 1 heterocycles. The monoisotopic (exact) mass is 507 g/mol. The first-order chi connectivity index (χ1) is 16.4. The summed E-state index contributed by atoms with van der Waals surface area (Å²) in [6, 6.07) is 23.5. The molecule has 0 aromatic heterocycles. The predicted octanol–water partition coefficient (Wildman–Crippen LogP) is 6.37. The highest BCUT2D eigenvalue weighted by Crippen LogP contribution is 2.42. The molecular weight excluding hydrogens is 489 g/mol. The maximum absolute atomic E-state index is 13.5. The Morgan fingerprint density at radius 3 is 2.41 bits per heavy atom. The van der Waals surface area contributed by atoms with E-state index in [0.717, 1.165) is 11.1 Å². The smallest absolute Gasteiger partial charge is 0.269 e. The molecule has 1 saturated heterocycles. The third-order valence-electron chi connectivity index (χ3n) is 5.23. The van der Waals surface area contributed by atoms with Crippen LogP contribution in [-0.4, -0.2) is 17.1 Å². The Kier molecular flexibility index (Phi) is 7.28. The lowest BCUT2D eigenvalue weighted by molar-refractivity contribution is -0.117. The molecule has 0 aliphatic carbocycles. The number of benzene rings is 3. The first-order valence-corrected chi connectivity index (χ1v) is 12.0. The van der Waals surface area contributed by atoms with Gasteiger partial charge in [-0.05, 0) is 55.3 Å². The molecule has 1 fully saturated rings. The largest absolute Gasteiger partial charge is 0.321 e. The van der Waals surface area contributed by atoms with Crippen LogP contribution in [0.2, 0.25) is 10.0 Å². The topological polar surface area (TPSA) is 73.2 Å². The Morgan fingerprint density at radius 1 is 1.06 bits per heavy atom. The van der Waals surface area contributed by atoms with Gasteiger partial charge < -0.3 is 5.32 Å². The van der Waals surface area contributed by atoms with E-state index in [1.807, 2.05) is 37.3 Å². The normalized spacial score (nSPS) is 16.8. The van der Waals surface area contributed by atoms with Crippen LogP contribution in [-0.2, 0) is 16.0 Å². The van der Waals surface area contributed by atoms with E-state index in [1.54, 1.807) is 48.5 Å². The molecule has 3 aromatic rings. The van der Waals surface area contributed by atoms with Gasteiger partial charge in [0.2, 0.25) is 5.91 Å². The SMILES string of the molecule is Cc1ccc(NC(=O)/C(C#N)=C2\S[C@H](Cc3ccc(Cl)c(Cl)c3)C(=O)N2c2ccccc2)cc1. The van der Waals surface area contributed by atoms with Crippen molar-refractivity contribution in [2.75, 3.05) is 10.2 Å². The lowest BCUT2D eigenvalue weighted by Crippen LogP contribution is -2.30. The maximum atomic E-state index is 13.5. The van der Waals surface area contributed by atoms with Crippen LogP contribution in [0.5, 0.6) is 0 Å². The lowest BCUT2D eigenvalue weighted by Gasteiger charge is -2.18. The number of hydrogen-bond donors (Lipinski definition) is 1. The Hall–Kier alpha value is -3.24. The number of nitrogens with zero attached hydrogens (tertiary/aromatic N) is 2. The number of nitriles is 1. The third kappa shape index (κ3) is 5.13. The van der Waals surface area contributed by atoms with Gasteiger partial charge in [0, 0.05) is 11.4 Å². The third-order valence-corrected chi connectivity index (χ3v) is 7.24. The number of aryl methyl sites for hydroxylation is 1. The second-order valence-corrected chi connectivity index (χ2v) is 9.69. The fourth-order valence-electron chi connectivity index (χ4n) is 3.51. The first kappa shape index (κ1) is 23.9. The summed E-state index contributed by atoms with van der Waals surface area (Å²) in [6.45, 7) is 1.95. The van der Waals surface area contributed by atoms with Crippen molar-refractivity contribution in [1.82, 2.24) is 0 Å². The molecule has 1 N–H and O–H groups in total. The van der Waals surface area contributed by atoms with Gasteiger partial charge in [0.25, 0.3) is 5.91 Å². The van der Waals surface area contributed by atoms with Crippen LogP contribution < -0.4 is 10.2 Å². The van der Waals surface area contributed by atoms with Gasteiger partial charge in [-0.2, -0.15) is 5.26 Å². The van der Waals surface area contributed by atoms with Gasteiger partial charge in [0.15, 0.2) is 0 Å². The molecule has 2 amide bonds. The van der Waals surface area contributed by atoms with Crippen molar-refractivity contribution in [2.24, 2.45) is 0 Å². The molecule has 1 atom stereocenters.